The minimum atomic E-state index is -0.249. The number of carbonyl (C=O) groups is 3. The van der Waals surface area contributed by atoms with Crippen LogP contribution in [0.3, 0.4) is 0 Å². The van der Waals surface area contributed by atoms with Crippen molar-refractivity contribution in [2.24, 2.45) is 58.2 Å². The zero-order valence-electron chi connectivity index (χ0n) is 22.4. The van der Waals surface area contributed by atoms with Gasteiger partial charge in [0.25, 0.3) is 0 Å². The van der Waals surface area contributed by atoms with Gasteiger partial charge < -0.3 is 4.74 Å². The smallest absolute Gasteiger partial charge is 0.302 e. The molecule has 4 aliphatic rings. The molecule has 4 aliphatic carbocycles. The summed E-state index contributed by atoms with van der Waals surface area (Å²) < 4.78 is 5.52. The molecule has 0 unspecified atom stereocenters. The highest BCUT2D eigenvalue weighted by Crippen LogP contribution is 2.66. The van der Waals surface area contributed by atoms with Crippen molar-refractivity contribution in [3.8, 4) is 0 Å². The lowest BCUT2D eigenvalue weighted by molar-refractivity contribution is -0.175. The maximum absolute atomic E-state index is 13.9. The van der Waals surface area contributed by atoms with Gasteiger partial charge in [0.15, 0.2) is 0 Å². The Bertz CT molecular complexity index is 858. The van der Waals surface area contributed by atoms with E-state index in [9.17, 15) is 14.4 Å². The lowest BCUT2D eigenvalue weighted by Gasteiger charge is -2.59. The van der Waals surface area contributed by atoms with E-state index >= 15 is 0 Å². The number of carbonyl (C=O) groups excluding carboxylic acids is 3. The van der Waals surface area contributed by atoms with Crippen LogP contribution in [0.1, 0.15) is 93.4 Å². The monoisotopic (exact) mass is 470 g/mol. The molecule has 0 radical (unpaired) electrons. The van der Waals surface area contributed by atoms with Crippen LogP contribution in [0.25, 0.3) is 0 Å². The standard InChI is InChI=1S/C30H46O4/c1-17(2)18(3)8-9-19(4)23-10-11-24-27-25(32)15-21-14-22(34-20(5)31)12-13-29(21,6)28(27)26(33)16-30(23,24)7/h8-9,17-19,21-24,27-28H,10-16H2,1-7H3/b9-8+/t18-,19-,21-,22+,23-,24+,27-,28+,29+,30-/m1/s1. The topological polar surface area (TPSA) is 60.4 Å². The van der Waals surface area contributed by atoms with Crippen LogP contribution in [0.2, 0.25) is 0 Å². The fraction of sp³-hybridized carbons (Fsp3) is 0.833. The van der Waals surface area contributed by atoms with Gasteiger partial charge in [0.05, 0.1) is 0 Å². The van der Waals surface area contributed by atoms with E-state index in [1.807, 2.05) is 0 Å². The summed E-state index contributed by atoms with van der Waals surface area (Å²) in [6.07, 6.45) is 10.4. The third-order valence-electron chi connectivity index (χ3n) is 10.9. The molecule has 0 aromatic rings. The molecule has 0 aromatic carbocycles. The van der Waals surface area contributed by atoms with Crippen molar-refractivity contribution >= 4 is 17.5 Å². The summed E-state index contributed by atoms with van der Waals surface area (Å²) >= 11 is 0. The van der Waals surface area contributed by atoms with E-state index in [4.69, 9.17) is 4.74 Å². The molecule has 4 heteroatoms. The molecule has 0 N–H and O–H groups in total. The first-order valence-corrected chi connectivity index (χ1v) is 13.8. The highest BCUT2D eigenvalue weighted by molar-refractivity contribution is 5.94. The zero-order chi connectivity index (χ0) is 25.0. The summed E-state index contributed by atoms with van der Waals surface area (Å²) in [6.45, 7) is 15.1. The Balaban J connectivity index is 1.57. The van der Waals surface area contributed by atoms with Gasteiger partial charge in [-0.3, -0.25) is 14.4 Å². The Morgan fingerprint density at radius 1 is 1.00 bits per heavy atom. The molecule has 0 spiro atoms. The molecule has 0 bridgehead atoms. The summed E-state index contributed by atoms with van der Waals surface area (Å²) in [6, 6.07) is 0. The van der Waals surface area contributed by atoms with E-state index in [0.29, 0.717) is 54.0 Å². The third kappa shape index (κ3) is 4.22. The van der Waals surface area contributed by atoms with Gasteiger partial charge in [0.1, 0.15) is 17.7 Å². The summed E-state index contributed by atoms with van der Waals surface area (Å²) in [5, 5.41) is 0. The summed E-state index contributed by atoms with van der Waals surface area (Å²) in [7, 11) is 0. The van der Waals surface area contributed by atoms with E-state index in [1.54, 1.807) is 0 Å². The van der Waals surface area contributed by atoms with Gasteiger partial charge in [-0.15, -0.1) is 0 Å². The second kappa shape index (κ2) is 9.21. The van der Waals surface area contributed by atoms with Gasteiger partial charge in [-0.05, 0) is 78.4 Å². The molecule has 10 atom stereocenters. The van der Waals surface area contributed by atoms with Crippen LogP contribution in [-0.2, 0) is 19.1 Å². The Morgan fingerprint density at radius 3 is 2.35 bits per heavy atom. The van der Waals surface area contributed by atoms with Crippen LogP contribution < -0.4 is 0 Å². The number of rotatable bonds is 5. The predicted octanol–water partition coefficient (Wildman–Crippen LogP) is 6.42. The van der Waals surface area contributed by atoms with Crippen LogP contribution in [0.5, 0.6) is 0 Å². The van der Waals surface area contributed by atoms with E-state index in [0.717, 1.165) is 32.1 Å². The molecule has 0 amide bonds. The molecule has 0 aromatic heterocycles. The maximum atomic E-state index is 13.9. The largest absolute Gasteiger partial charge is 0.463 e. The van der Waals surface area contributed by atoms with Crippen molar-refractivity contribution in [2.75, 3.05) is 0 Å². The van der Waals surface area contributed by atoms with Crippen molar-refractivity contribution in [2.45, 2.75) is 99.5 Å². The molecular formula is C30H46O4. The van der Waals surface area contributed by atoms with Crippen molar-refractivity contribution < 1.29 is 19.1 Å². The van der Waals surface area contributed by atoms with E-state index in [1.165, 1.54) is 6.92 Å². The Hall–Kier alpha value is -1.45. The minimum Gasteiger partial charge on any atom is -0.463 e. The van der Waals surface area contributed by atoms with Crippen LogP contribution >= 0.6 is 0 Å². The van der Waals surface area contributed by atoms with Crippen molar-refractivity contribution in [1.29, 1.82) is 0 Å². The van der Waals surface area contributed by atoms with Crippen molar-refractivity contribution in [1.82, 2.24) is 0 Å². The molecule has 190 valence electrons. The van der Waals surface area contributed by atoms with Crippen LogP contribution in [0, 0.1) is 58.2 Å². The van der Waals surface area contributed by atoms with Crippen molar-refractivity contribution in [3.63, 3.8) is 0 Å². The van der Waals surface area contributed by atoms with Crippen LogP contribution in [0.15, 0.2) is 12.2 Å². The van der Waals surface area contributed by atoms with Gasteiger partial charge in [0, 0.05) is 31.6 Å². The van der Waals surface area contributed by atoms with E-state index < -0.39 is 0 Å². The van der Waals surface area contributed by atoms with Crippen LogP contribution in [0.4, 0.5) is 0 Å². The minimum absolute atomic E-state index is 0.0864. The lowest BCUT2D eigenvalue weighted by atomic mass is 9.43. The number of Topliss-reactive ketones (excluding diaryl/α,β-unsaturated/α-hetero) is 2. The zero-order valence-corrected chi connectivity index (χ0v) is 22.4. The Kier molecular flexibility index (Phi) is 6.94. The summed E-state index contributed by atoms with van der Waals surface area (Å²) in [5.74, 6) is 2.61. The maximum Gasteiger partial charge on any atom is 0.302 e. The molecular weight excluding hydrogens is 424 g/mol. The van der Waals surface area contributed by atoms with Gasteiger partial charge in [0.2, 0.25) is 0 Å². The molecule has 0 heterocycles. The first-order chi connectivity index (χ1) is 15.9. The van der Waals surface area contributed by atoms with Crippen LogP contribution in [-0.4, -0.2) is 23.6 Å². The molecule has 4 fully saturated rings. The predicted molar refractivity (Wildman–Crippen MR) is 134 cm³/mol. The molecule has 4 saturated carbocycles. The number of ketones is 2. The van der Waals surface area contributed by atoms with Gasteiger partial charge >= 0.3 is 5.97 Å². The van der Waals surface area contributed by atoms with Gasteiger partial charge in [-0.25, -0.2) is 0 Å². The molecule has 4 nitrogen and oxygen atoms in total. The molecule has 34 heavy (non-hydrogen) atoms. The number of hydrogen-bond acceptors (Lipinski definition) is 4. The second-order valence-corrected chi connectivity index (χ2v) is 13.2. The third-order valence-corrected chi connectivity index (χ3v) is 10.9. The fourth-order valence-electron chi connectivity index (χ4n) is 8.65. The second-order valence-electron chi connectivity index (χ2n) is 13.2. The number of allylic oxidation sites excluding steroid dienone is 2. The van der Waals surface area contributed by atoms with E-state index in [-0.39, 0.29) is 40.7 Å². The fourth-order valence-corrected chi connectivity index (χ4v) is 8.65. The van der Waals surface area contributed by atoms with Gasteiger partial charge in [-0.1, -0.05) is 53.7 Å². The highest BCUT2D eigenvalue weighted by Gasteiger charge is 2.66. The van der Waals surface area contributed by atoms with E-state index in [2.05, 4.69) is 53.7 Å². The quantitative estimate of drug-likeness (QED) is 0.344. The van der Waals surface area contributed by atoms with Crippen molar-refractivity contribution in [3.05, 3.63) is 12.2 Å². The average Bonchev–Trinajstić information content (AvgIpc) is 3.08. The summed E-state index contributed by atoms with van der Waals surface area (Å²) in [5.41, 5.74) is -0.235. The number of fused-ring (bicyclic) bond motifs is 5. The molecule has 0 aliphatic heterocycles. The lowest BCUT2D eigenvalue weighted by Crippen LogP contribution is -2.61. The number of esters is 1. The summed E-state index contributed by atoms with van der Waals surface area (Å²) in [4.78, 5) is 39.1. The number of ether oxygens (including phenoxy) is 1. The Morgan fingerprint density at radius 2 is 1.71 bits per heavy atom. The normalized spacial score (nSPS) is 43.9. The molecule has 4 rings (SSSR count). The average molecular weight is 471 g/mol. The number of hydrogen-bond donors (Lipinski definition) is 0. The first-order valence-electron chi connectivity index (χ1n) is 13.8. The SMILES string of the molecule is CC(=O)O[C@H]1CC[C@@]2(C)[C@@H](CC(=O)[C@H]3[C@@H]4CC[C@H]([C@H](C)/C=C/[C@@H](C)C(C)C)[C@@]4(C)CC(=O)[C@@H]32)C1. The first kappa shape index (κ1) is 25.6. The molecule has 0 saturated heterocycles. The Labute approximate surface area is 206 Å². The van der Waals surface area contributed by atoms with Gasteiger partial charge in [-0.2, -0.15) is 0 Å². The highest BCUT2D eigenvalue weighted by atomic mass is 16.5.